The standard InChI is InChI=1S/C24H16FN3O6/c25-15-4-6-17(7-5-15)32-13-22(29)33-18-8-9-19-21(11-18)34-24(27)20(12-26)23(19)14-2-1-3-16(10-14)28(30)31/h1-11,23H,13,27H2. The number of carbonyl (C=O) groups is 1. The van der Waals surface area contributed by atoms with Crippen molar-refractivity contribution >= 4 is 11.7 Å². The van der Waals surface area contributed by atoms with Crippen LogP contribution in [-0.4, -0.2) is 17.5 Å². The molecule has 1 unspecified atom stereocenters. The molecule has 4 rings (SSSR count). The van der Waals surface area contributed by atoms with Gasteiger partial charge in [0.1, 0.15) is 34.7 Å². The van der Waals surface area contributed by atoms with Gasteiger partial charge in [-0.3, -0.25) is 10.1 Å². The third kappa shape index (κ3) is 4.63. The summed E-state index contributed by atoms with van der Waals surface area (Å²) in [5.74, 6) is -1.34. The Morgan fingerprint density at radius 3 is 2.59 bits per heavy atom. The first-order chi connectivity index (χ1) is 16.4. The molecule has 9 nitrogen and oxygen atoms in total. The predicted molar refractivity (Wildman–Crippen MR) is 116 cm³/mol. The van der Waals surface area contributed by atoms with Crippen LogP contribution in [-0.2, 0) is 4.79 Å². The van der Waals surface area contributed by atoms with Crippen LogP contribution >= 0.6 is 0 Å². The van der Waals surface area contributed by atoms with Gasteiger partial charge in [0.05, 0.1) is 10.8 Å². The topological polar surface area (TPSA) is 138 Å². The third-order valence-electron chi connectivity index (χ3n) is 5.01. The van der Waals surface area contributed by atoms with Gasteiger partial charge in [0.25, 0.3) is 5.69 Å². The number of halogens is 1. The fourth-order valence-electron chi connectivity index (χ4n) is 3.49. The first kappa shape index (κ1) is 22.3. The number of nitrogens with zero attached hydrogens (tertiary/aromatic N) is 2. The number of benzene rings is 3. The molecule has 0 saturated carbocycles. The Bertz CT molecular complexity index is 1350. The van der Waals surface area contributed by atoms with E-state index in [0.717, 1.165) is 0 Å². The Morgan fingerprint density at radius 1 is 1.15 bits per heavy atom. The van der Waals surface area contributed by atoms with Gasteiger partial charge in [0.15, 0.2) is 6.61 Å². The maximum Gasteiger partial charge on any atom is 0.349 e. The summed E-state index contributed by atoms with van der Waals surface area (Å²) in [5.41, 5.74) is 6.93. The Labute approximate surface area is 192 Å². The quantitative estimate of drug-likeness (QED) is 0.252. The maximum atomic E-state index is 13.0. The summed E-state index contributed by atoms with van der Waals surface area (Å²) < 4.78 is 29.1. The minimum absolute atomic E-state index is 0.102. The molecule has 0 amide bonds. The Morgan fingerprint density at radius 2 is 1.88 bits per heavy atom. The second-order valence-corrected chi connectivity index (χ2v) is 7.19. The summed E-state index contributed by atoms with van der Waals surface area (Å²) in [6, 6.07) is 17.6. The normalized spacial score (nSPS) is 14.4. The second-order valence-electron chi connectivity index (χ2n) is 7.19. The highest BCUT2D eigenvalue weighted by molar-refractivity contribution is 5.74. The predicted octanol–water partition coefficient (Wildman–Crippen LogP) is 3.94. The van der Waals surface area contributed by atoms with Gasteiger partial charge in [0, 0.05) is 23.8 Å². The van der Waals surface area contributed by atoms with E-state index in [9.17, 15) is 24.6 Å². The molecule has 170 valence electrons. The molecule has 3 aromatic rings. The molecule has 0 fully saturated rings. The molecule has 0 bridgehead atoms. The number of non-ortho nitro benzene ring substituents is 1. The molecule has 0 radical (unpaired) electrons. The van der Waals surface area contributed by atoms with Crippen LogP contribution in [0.2, 0.25) is 0 Å². The third-order valence-corrected chi connectivity index (χ3v) is 5.01. The zero-order valence-corrected chi connectivity index (χ0v) is 17.4. The summed E-state index contributed by atoms with van der Waals surface area (Å²) in [7, 11) is 0. The van der Waals surface area contributed by atoms with Gasteiger partial charge in [-0.15, -0.1) is 0 Å². The number of fused-ring (bicyclic) bond motifs is 1. The Hall–Kier alpha value is -4.91. The lowest BCUT2D eigenvalue weighted by Gasteiger charge is -2.26. The average molecular weight is 461 g/mol. The number of nitro benzene ring substituents is 1. The van der Waals surface area contributed by atoms with Gasteiger partial charge in [-0.25, -0.2) is 9.18 Å². The summed E-state index contributed by atoms with van der Waals surface area (Å²) >= 11 is 0. The molecular formula is C24H16FN3O6. The minimum atomic E-state index is -0.712. The number of ether oxygens (including phenoxy) is 3. The largest absolute Gasteiger partial charge is 0.482 e. The second kappa shape index (κ2) is 9.30. The fraction of sp³-hybridized carbons (Fsp3) is 0.0833. The van der Waals surface area contributed by atoms with Gasteiger partial charge in [-0.05, 0) is 35.9 Å². The van der Waals surface area contributed by atoms with Crippen molar-refractivity contribution < 1.29 is 28.3 Å². The molecule has 10 heteroatoms. The molecule has 0 aromatic heterocycles. The van der Waals surface area contributed by atoms with Crippen molar-refractivity contribution in [2.75, 3.05) is 6.61 Å². The van der Waals surface area contributed by atoms with Crippen LogP contribution < -0.4 is 19.9 Å². The van der Waals surface area contributed by atoms with Gasteiger partial charge in [0.2, 0.25) is 5.88 Å². The van der Waals surface area contributed by atoms with E-state index in [0.29, 0.717) is 16.9 Å². The van der Waals surface area contributed by atoms with E-state index in [1.54, 1.807) is 12.1 Å². The highest BCUT2D eigenvalue weighted by atomic mass is 19.1. The van der Waals surface area contributed by atoms with Crippen LogP contribution in [0.25, 0.3) is 0 Å². The summed E-state index contributed by atoms with van der Waals surface area (Å²) in [6.07, 6.45) is 0. The van der Waals surface area contributed by atoms with Crippen LogP contribution in [0.3, 0.4) is 0 Å². The number of allylic oxidation sites excluding steroid dienone is 1. The molecule has 0 saturated heterocycles. The first-order valence-corrected chi connectivity index (χ1v) is 9.90. The summed E-state index contributed by atoms with van der Waals surface area (Å²) in [4.78, 5) is 22.8. The lowest BCUT2D eigenvalue weighted by Crippen LogP contribution is -2.21. The number of hydrogen-bond donors (Lipinski definition) is 1. The number of rotatable bonds is 6. The van der Waals surface area contributed by atoms with Crippen molar-refractivity contribution in [3.05, 3.63) is 105 Å². The molecule has 1 heterocycles. The maximum absolute atomic E-state index is 13.0. The number of esters is 1. The van der Waals surface area contributed by atoms with E-state index < -0.39 is 29.2 Å². The smallest absolute Gasteiger partial charge is 0.349 e. The van der Waals surface area contributed by atoms with Crippen molar-refractivity contribution in [3.63, 3.8) is 0 Å². The number of hydrogen-bond acceptors (Lipinski definition) is 8. The Balaban J connectivity index is 1.57. The SMILES string of the molecule is N#CC1=C(N)Oc2cc(OC(=O)COc3ccc(F)cc3)ccc2C1c1cccc([N+](=O)[O-])c1. The molecule has 0 aliphatic carbocycles. The van der Waals surface area contributed by atoms with Crippen molar-refractivity contribution in [1.82, 2.24) is 0 Å². The monoisotopic (exact) mass is 461 g/mol. The molecule has 2 N–H and O–H groups in total. The van der Waals surface area contributed by atoms with Crippen molar-refractivity contribution in [3.8, 4) is 23.3 Å². The van der Waals surface area contributed by atoms with Gasteiger partial charge in [-0.2, -0.15) is 5.26 Å². The van der Waals surface area contributed by atoms with Crippen molar-refractivity contribution in [1.29, 1.82) is 5.26 Å². The molecule has 1 aliphatic rings. The van der Waals surface area contributed by atoms with E-state index in [1.807, 2.05) is 6.07 Å². The number of nitrogens with two attached hydrogens (primary N) is 1. The van der Waals surface area contributed by atoms with Gasteiger partial charge < -0.3 is 19.9 Å². The van der Waals surface area contributed by atoms with Gasteiger partial charge >= 0.3 is 5.97 Å². The number of nitriles is 1. The van der Waals surface area contributed by atoms with Crippen LogP contribution in [0.4, 0.5) is 10.1 Å². The van der Waals surface area contributed by atoms with Crippen molar-refractivity contribution in [2.45, 2.75) is 5.92 Å². The molecular weight excluding hydrogens is 445 g/mol. The number of carbonyl (C=O) groups excluding carboxylic acids is 1. The van der Waals surface area contributed by atoms with Crippen LogP contribution in [0, 0.1) is 27.3 Å². The Kier molecular flexibility index (Phi) is 6.09. The highest BCUT2D eigenvalue weighted by Gasteiger charge is 2.32. The van der Waals surface area contributed by atoms with E-state index in [1.165, 1.54) is 54.6 Å². The van der Waals surface area contributed by atoms with Gasteiger partial charge in [-0.1, -0.05) is 18.2 Å². The van der Waals surface area contributed by atoms with Crippen LogP contribution in [0.5, 0.6) is 17.2 Å². The first-order valence-electron chi connectivity index (χ1n) is 9.90. The lowest BCUT2D eigenvalue weighted by atomic mass is 9.83. The van der Waals surface area contributed by atoms with Crippen LogP contribution in [0.15, 0.2) is 78.2 Å². The van der Waals surface area contributed by atoms with E-state index in [2.05, 4.69) is 0 Å². The molecule has 1 atom stereocenters. The zero-order chi connectivity index (χ0) is 24.2. The average Bonchev–Trinajstić information content (AvgIpc) is 2.82. The summed E-state index contributed by atoms with van der Waals surface area (Å²) in [5, 5.41) is 20.8. The van der Waals surface area contributed by atoms with E-state index >= 15 is 0 Å². The van der Waals surface area contributed by atoms with Crippen LogP contribution in [0.1, 0.15) is 17.0 Å². The minimum Gasteiger partial charge on any atom is -0.482 e. The lowest BCUT2D eigenvalue weighted by molar-refractivity contribution is -0.384. The van der Waals surface area contributed by atoms with E-state index in [4.69, 9.17) is 19.9 Å². The molecule has 1 aliphatic heterocycles. The fourth-order valence-corrected chi connectivity index (χ4v) is 3.49. The summed E-state index contributed by atoms with van der Waals surface area (Å²) in [6.45, 7) is -0.416. The van der Waals surface area contributed by atoms with E-state index in [-0.39, 0.29) is 28.6 Å². The molecule has 3 aromatic carbocycles. The highest BCUT2D eigenvalue weighted by Crippen LogP contribution is 2.43. The molecule has 0 spiro atoms. The van der Waals surface area contributed by atoms with Crippen molar-refractivity contribution in [2.24, 2.45) is 5.73 Å². The zero-order valence-electron chi connectivity index (χ0n) is 17.4. The molecule has 34 heavy (non-hydrogen) atoms. The number of nitro groups is 1.